The number of benzene rings is 2. The second kappa shape index (κ2) is 5.84. The molecule has 0 fully saturated rings. The molecule has 0 aromatic heterocycles. The van der Waals surface area contributed by atoms with Crippen molar-refractivity contribution in [1.29, 1.82) is 0 Å². The Hall–Kier alpha value is -2.20. The third kappa shape index (κ3) is 3.03. The molecule has 0 aliphatic heterocycles. The monoisotopic (exact) mass is 289 g/mol. The zero-order valence-corrected chi connectivity index (χ0v) is 12.1. The lowest BCUT2D eigenvalue weighted by atomic mass is 10.2. The maximum atomic E-state index is 12.1. The van der Waals surface area contributed by atoms with Gasteiger partial charge in [0.25, 0.3) is 5.91 Å². The number of carbonyl (C=O) groups excluding carboxylic acids is 1. The minimum absolute atomic E-state index is 0.273. The molecule has 0 atom stereocenters. The molecule has 0 heterocycles. The van der Waals surface area contributed by atoms with Gasteiger partial charge in [-0.3, -0.25) is 4.79 Å². The smallest absolute Gasteiger partial charge is 0.257 e. The van der Waals surface area contributed by atoms with Crippen LogP contribution in [0.2, 0.25) is 5.02 Å². The summed E-state index contributed by atoms with van der Waals surface area (Å²) in [6.45, 7) is 0. The van der Waals surface area contributed by atoms with Gasteiger partial charge in [0.15, 0.2) is 0 Å². The standard InChI is InChI=1S/C15H16ClN3O/c1-19(2)11-8-6-10(7-9-11)18-15(20)12-4-3-5-13(17)14(12)16/h3-9H,17H2,1-2H3,(H,18,20). The van der Waals surface area contributed by atoms with Gasteiger partial charge in [0.2, 0.25) is 0 Å². The number of nitrogens with one attached hydrogen (secondary N) is 1. The van der Waals surface area contributed by atoms with Crippen LogP contribution in [-0.2, 0) is 0 Å². The number of nitrogens with two attached hydrogens (primary N) is 1. The molecule has 0 spiro atoms. The van der Waals surface area contributed by atoms with Crippen molar-refractivity contribution in [2.75, 3.05) is 30.0 Å². The summed E-state index contributed by atoms with van der Waals surface area (Å²) >= 11 is 6.03. The number of hydrogen-bond acceptors (Lipinski definition) is 3. The lowest BCUT2D eigenvalue weighted by Gasteiger charge is -2.13. The van der Waals surface area contributed by atoms with Gasteiger partial charge in [-0.1, -0.05) is 17.7 Å². The molecule has 2 rings (SSSR count). The number of hydrogen-bond donors (Lipinski definition) is 2. The molecule has 104 valence electrons. The summed E-state index contributed by atoms with van der Waals surface area (Å²) < 4.78 is 0. The Morgan fingerprint density at radius 1 is 1.15 bits per heavy atom. The molecule has 0 saturated heterocycles. The fraction of sp³-hybridized carbons (Fsp3) is 0.133. The summed E-state index contributed by atoms with van der Waals surface area (Å²) in [5.41, 5.74) is 8.21. The normalized spacial score (nSPS) is 10.2. The summed E-state index contributed by atoms with van der Waals surface area (Å²) in [5.74, 6) is -0.278. The highest BCUT2D eigenvalue weighted by atomic mass is 35.5. The van der Waals surface area contributed by atoms with Crippen molar-refractivity contribution in [3.05, 3.63) is 53.1 Å². The molecule has 1 amide bonds. The number of rotatable bonds is 3. The van der Waals surface area contributed by atoms with E-state index in [-0.39, 0.29) is 10.9 Å². The third-order valence-corrected chi connectivity index (χ3v) is 3.34. The fourth-order valence-electron chi connectivity index (χ4n) is 1.77. The Bertz CT molecular complexity index is 624. The Balaban J connectivity index is 2.17. The Morgan fingerprint density at radius 2 is 1.80 bits per heavy atom. The van der Waals surface area contributed by atoms with Crippen LogP contribution in [0, 0.1) is 0 Å². The van der Waals surface area contributed by atoms with Crippen LogP contribution < -0.4 is 16.0 Å². The summed E-state index contributed by atoms with van der Waals surface area (Å²) in [4.78, 5) is 14.1. The quantitative estimate of drug-likeness (QED) is 0.853. The first-order chi connectivity index (χ1) is 9.49. The van der Waals surface area contributed by atoms with Crippen LogP contribution in [0.25, 0.3) is 0 Å². The van der Waals surface area contributed by atoms with E-state index in [0.717, 1.165) is 5.69 Å². The highest BCUT2D eigenvalue weighted by Crippen LogP contribution is 2.24. The minimum Gasteiger partial charge on any atom is -0.398 e. The van der Waals surface area contributed by atoms with E-state index in [1.54, 1.807) is 18.2 Å². The molecule has 0 aliphatic rings. The number of halogens is 1. The third-order valence-electron chi connectivity index (χ3n) is 2.91. The van der Waals surface area contributed by atoms with Crippen LogP contribution in [0.1, 0.15) is 10.4 Å². The summed E-state index contributed by atoms with van der Waals surface area (Å²) in [5, 5.41) is 3.07. The molecule has 2 aromatic carbocycles. The number of anilines is 3. The zero-order chi connectivity index (χ0) is 14.7. The predicted molar refractivity (Wildman–Crippen MR) is 84.6 cm³/mol. The molecular weight excluding hydrogens is 274 g/mol. The topological polar surface area (TPSA) is 58.4 Å². The summed E-state index contributed by atoms with van der Waals surface area (Å²) in [7, 11) is 3.92. The Morgan fingerprint density at radius 3 is 2.40 bits per heavy atom. The fourth-order valence-corrected chi connectivity index (χ4v) is 1.98. The molecule has 2 aromatic rings. The van der Waals surface area contributed by atoms with Crippen LogP contribution in [-0.4, -0.2) is 20.0 Å². The second-order valence-electron chi connectivity index (χ2n) is 4.60. The zero-order valence-electron chi connectivity index (χ0n) is 11.4. The van der Waals surface area contributed by atoms with E-state index < -0.39 is 0 Å². The molecule has 0 bridgehead atoms. The van der Waals surface area contributed by atoms with Crippen molar-refractivity contribution in [2.24, 2.45) is 0 Å². The van der Waals surface area contributed by atoms with Crippen molar-refractivity contribution < 1.29 is 4.79 Å². The van der Waals surface area contributed by atoms with Gasteiger partial charge < -0.3 is 16.0 Å². The maximum absolute atomic E-state index is 12.1. The summed E-state index contributed by atoms with van der Waals surface area (Å²) in [6, 6.07) is 12.5. The molecule has 0 aliphatic carbocycles. The number of amides is 1. The van der Waals surface area contributed by atoms with Crippen LogP contribution >= 0.6 is 11.6 Å². The average molecular weight is 290 g/mol. The average Bonchev–Trinajstić information content (AvgIpc) is 2.42. The van der Waals surface area contributed by atoms with E-state index in [0.29, 0.717) is 16.9 Å². The SMILES string of the molecule is CN(C)c1ccc(NC(=O)c2cccc(N)c2Cl)cc1. The molecule has 0 saturated carbocycles. The van der Waals surface area contributed by atoms with Gasteiger partial charge in [0.05, 0.1) is 16.3 Å². The van der Waals surface area contributed by atoms with E-state index in [9.17, 15) is 4.79 Å². The molecule has 0 unspecified atom stereocenters. The lowest BCUT2D eigenvalue weighted by molar-refractivity contribution is 0.102. The van der Waals surface area contributed by atoms with E-state index in [2.05, 4.69) is 5.32 Å². The first-order valence-electron chi connectivity index (χ1n) is 6.12. The van der Waals surface area contributed by atoms with Crippen molar-refractivity contribution in [2.45, 2.75) is 0 Å². The van der Waals surface area contributed by atoms with Gasteiger partial charge in [0, 0.05) is 25.5 Å². The highest BCUT2D eigenvalue weighted by molar-refractivity contribution is 6.36. The van der Waals surface area contributed by atoms with Crippen molar-refractivity contribution in [1.82, 2.24) is 0 Å². The van der Waals surface area contributed by atoms with Gasteiger partial charge in [-0.15, -0.1) is 0 Å². The van der Waals surface area contributed by atoms with E-state index in [1.165, 1.54) is 0 Å². The van der Waals surface area contributed by atoms with Gasteiger partial charge in [0.1, 0.15) is 0 Å². The van der Waals surface area contributed by atoms with E-state index in [4.69, 9.17) is 17.3 Å². The number of nitrogen functional groups attached to an aromatic ring is 1. The second-order valence-corrected chi connectivity index (χ2v) is 4.98. The van der Waals surface area contributed by atoms with Crippen molar-refractivity contribution in [3.63, 3.8) is 0 Å². The maximum Gasteiger partial charge on any atom is 0.257 e. The van der Waals surface area contributed by atoms with Crippen LogP contribution in [0.5, 0.6) is 0 Å². The Kier molecular flexibility index (Phi) is 4.15. The van der Waals surface area contributed by atoms with Crippen LogP contribution in [0.3, 0.4) is 0 Å². The highest BCUT2D eigenvalue weighted by Gasteiger charge is 2.12. The molecule has 0 radical (unpaired) electrons. The van der Waals surface area contributed by atoms with Gasteiger partial charge in [-0.2, -0.15) is 0 Å². The number of nitrogens with zero attached hydrogens (tertiary/aromatic N) is 1. The molecule has 4 nitrogen and oxygen atoms in total. The molecular formula is C15H16ClN3O. The first kappa shape index (κ1) is 14.2. The largest absolute Gasteiger partial charge is 0.398 e. The Labute approximate surface area is 123 Å². The lowest BCUT2D eigenvalue weighted by Crippen LogP contribution is -2.13. The minimum atomic E-state index is -0.278. The van der Waals surface area contributed by atoms with Crippen LogP contribution in [0.4, 0.5) is 17.1 Å². The van der Waals surface area contributed by atoms with Gasteiger partial charge >= 0.3 is 0 Å². The molecule has 5 heteroatoms. The van der Waals surface area contributed by atoms with Gasteiger partial charge in [-0.25, -0.2) is 0 Å². The predicted octanol–water partition coefficient (Wildman–Crippen LogP) is 3.24. The molecule has 20 heavy (non-hydrogen) atoms. The first-order valence-corrected chi connectivity index (χ1v) is 6.49. The molecule has 3 N–H and O–H groups in total. The van der Waals surface area contributed by atoms with Crippen molar-refractivity contribution in [3.8, 4) is 0 Å². The van der Waals surface area contributed by atoms with Crippen LogP contribution in [0.15, 0.2) is 42.5 Å². The summed E-state index contributed by atoms with van der Waals surface area (Å²) in [6.07, 6.45) is 0. The van der Waals surface area contributed by atoms with Gasteiger partial charge in [-0.05, 0) is 36.4 Å². The van der Waals surface area contributed by atoms with Crippen molar-refractivity contribution >= 4 is 34.6 Å². The number of carbonyl (C=O) groups is 1. The van der Waals surface area contributed by atoms with E-state index >= 15 is 0 Å². The van der Waals surface area contributed by atoms with E-state index in [1.807, 2.05) is 43.3 Å².